The second kappa shape index (κ2) is 11.7. The third kappa shape index (κ3) is 6.21. The molecular weight excluding hydrogens is 402 g/mol. The van der Waals surface area contributed by atoms with Gasteiger partial charge in [-0.15, -0.1) is 17.9 Å². The summed E-state index contributed by atoms with van der Waals surface area (Å²) in [6.45, 7) is 6.54. The summed E-state index contributed by atoms with van der Waals surface area (Å²) in [5.74, 6) is 0.639. The van der Waals surface area contributed by atoms with Crippen LogP contribution in [0.4, 0.5) is 0 Å². The summed E-state index contributed by atoms with van der Waals surface area (Å²) in [4.78, 5) is 24.9. The van der Waals surface area contributed by atoms with E-state index in [0.717, 1.165) is 42.4 Å². The molecule has 166 valence electrons. The van der Waals surface area contributed by atoms with E-state index in [1.807, 2.05) is 0 Å². The van der Waals surface area contributed by atoms with Gasteiger partial charge in [-0.1, -0.05) is 12.5 Å². The Kier molecular flexibility index (Phi) is 9.02. The van der Waals surface area contributed by atoms with E-state index < -0.39 is 6.10 Å². The number of fused-ring (bicyclic) bond motifs is 3. The number of nitrogens with one attached hydrogen (secondary N) is 1. The van der Waals surface area contributed by atoms with Gasteiger partial charge in [0.15, 0.2) is 0 Å². The molecule has 8 heteroatoms. The van der Waals surface area contributed by atoms with E-state index >= 15 is 0 Å². The molecule has 7 nitrogen and oxygen atoms in total. The van der Waals surface area contributed by atoms with Crippen LogP contribution in [0.15, 0.2) is 17.4 Å². The zero-order chi connectivity index (χ0) is 21.3. The largest absolute Gasteiger partial charge is 0.389 e. The average Bonchev–Trinajstić information content (AvgIpc) is 2.90. The van der Waals surface area contributed by atoms with Crippen molar-refractivity contribution in [2.45, 2.75) is 51.2 Å². The number of methoxy groups -OCH3 is 1. The Hall–Kier alpha value is -1.58. The van der Waals surface area contributed by atoms with Gasteiger partial charge >= 0.3 is 0 Å². The van der Waals surface area contributed by atoms with Crippen LogP contribution in [0.1, 0.15) is 41.9 Å². The first-order valence-electron chi connectivity index (χ1n) is 10.7. The maximum Gasteiger partial charge on any atom is 0.259 e. The number of aryl methyl sites for hydroxylation is 2. The fourth-order valence-corrected chi connectivity index (χ4v) is 5.26. The van der Waals surface area contributed by atoms with Gasteiger partial charge < -0.3 is 19.6 Å². The lowest BCUT2D eigenvalue weighted by Crippen LogP contribution is -2.36. The molecule has 0 radical (unpaired) electrons. The Morgan fingerprint density at radius 1 is 1.37 bits per heavy atom. The molecule has 0 amide bonds. The van der Waals surface area contributed by atoms with E-state index in [4.69, 9.17) is 14.5 Å². The number of nitrogens with zero attached hydrogens (tertiary/aromatic N) is 2. The second-order valence-electron chi connectivity index (χ2n) is 7.82. The van der Waals surface area contributed by atoms with Crippen molar-refractivity contribution in [2.75, 3.05) is 40.0 Å². The number of aromatic amines is 1. The maximum absolute atomic E-state index is 12.9. The van der Waals surface area contributed by atoms with Crippen molar-refractivity contribution in [3.8, 4) is 0 Å². The van der Waals surface area contributed by atoms with Crippen molar-refractivity contribution in [3.63, 3.8) is 0 Å². The Morgan fingerprint density at radius 3 is 3.00 bits per heavy atom. The van der Waals surface area contributed by atoms with Crippen LogP contribution in [0.25, 0.3) is 10.2 Å². The normalized spacial score (nSPS) is 15.3. The summed E-state index contributed by atoms with van der Waals surface area (Å²) in [5.41, 5.74) is 1.17. The Bertz CT molecular complexity index is 879. The number of hydrogen-bond acceptors (Lipinski definition) is 7. The number of hydrogen-bond donors (Lipinski definition) is 2. The molecule has 2 heterocycles. The Balaban J connectivity index is 1.75. The first-order chi connectivity index (χ1) is 14.6. The number of aliphatic hydroxyl groups excluding tert-OH is 1. The molecule has 0 fully saturated rings. The van der Waals surface area contributed by atoms with E-state index in [0.29, 0.717) is 32.1 Å². The number of thiophene rings is 1. The highest BCUT2D eigenvalue weighted by atomic mass is 32.1. The molecule has 30 heavy (non-hydrogen) atoms. The van der Waals surface area contributed by atoms with Gasteiger partial charge in [-0.2, -0.15) is 0 Å². The molecule has 2 N–H and O–H groups in total. The summed E-state index contributed by atoms with van der Waals surface area (Å²) >= 11 is 1.67. The third-order valence-corrected chi connectivity index (χ3v) is 6.52. The van der Waals surface area contributed by atoms with E-state index in [1.165, 1.54) is 23.3 Å². The van der Waals surface area contributed by atoms with Gasteiger partial charge in [0.25, 0.3) is 5.56 Å². The minimum atomic E-state index is -0.624. The summed E-state index contributed by atoms with van der Waals surface area (Å²) < 4.78 is 10.5. The molecule has 2 aromatic rings. The Labute approximate surface area is 181 Å². The first kappa shape index (κ1) is 23.1. The fraction of sp³-hybridized carbons (Fsp3) is 0.636. The highest BCUT2D eigenvalue weighted by molar-refractivity contribution is 7.18. The first-order valence-corrected chi connectivity index (χ1v) is 11.6. The lowest BCUT2D eigenvalue weighted by Gasteiger charge is -2.24. The van der Waals surface area contributed by atoms with Crippen molar-refractivity contribution in [3.05, 3.63) is 39.3 Å². The maximum atomic E-state index is 12.9. The topological polar surface area (TPSA) is 87.7 Å². The molecule has 0 aromatic carbocycles. The molecule has 0 saturated carbocycles. The lowest BCUT2D eigenvalue weighted by molar-refractivity contribution is 0.0225. The molecular formula is C22H33N3O4S. The molecule has 1 atom stereocenters. The summed E-state index contributed by atoms with van der Waals surface area (Å²) in [6.07, 6.45) is 7.43. The van der Waals surface area contributed by atoms with Crippen molar-refractivity contribution in [1.82, 2.24) is 14.9 Å². The predicted octanol–water partition coefficient (Wildman–Crippen LogP) is 2.66. The van der Waals surface area contributed by atoms with Crippen molar-refractivity contribution < 1.29 is 14.6 Å². The minimum Gasteiger partial charge on any atom is -0.389 e. The van der Waals surface area contributed by atoms with E-state index in [9.17, 15) is 9.90 Å². The summed E-state index contributed by atoms with van der Waals surface area (Å²) in [5, 5.41) is 11.1. The van der Waals surface area contributed by atoms with E-state index in [2.05, 4.69) is 16.5 Å². The quantitative estimate of drug-likeness (QED) is 0.303. The second-order valence-corrected chi connectivity index (χ2v) is 8.90. The molecule has 1 unspecified atom stereocenters. The van der Waals surface area contributed by atoms with Crippen molar-refractivity contribution >= 4 is 21.6 Å². The number of rotatable bonds is 12. The molecule has 0 aliphatic heterocycles. The summed E-state index contributed by atoms with van der Waals surface area (Å²) in [6, 6.07) is 0. The SMILES string of the molecule is C=CCOCC(O)CN(CCCOC)Cc1nc2sc3c(c2c(=O)[nH]1)CCCCC3. The highest BCUT2D eigenvalue weighted by Crippen LogP contribution is 2.32. The van der Waals surface area contributed by atoms with Crippen LogP contribution in [0.2, 0.25) is 0 Å². The van der Waals surface area contributed by atoms with Crippen molar-refractivity contribution in [1.29, 1.82) is 0 Å². The van der Waals surface area contributed by atoms with Gasteiger partial charge in [0.2, 0.25) is 0 Å². The van der Waals surface area contributed by atoms with Crippen LogP contribution in [-0.2, 0) is 28.9 Å². The fourth-order valence-electron chi connectivity index (χ4n) is 3.98. The van der Waals surface area contributed by atoms with Crippen LogP contribution in [0.3, 0.4) is 0 Å². The van der Waals surface area contributed by atoms with Gasteiger partial charge in [-0.05, 0) is 37.7 Å². The van der Waals surface area contributed by atoms with Gasteiger partial charge in [-0.3, -0.25) is 9.69 Å². The van der Waals surface area contributed by atoms with Gasteiger partial charge in [0.1, 0.15) is 10.7 Å². The van der Waals surface area contributed by atoms with Gasteiger partial charge in [0.05, 0.1) is 31.2 Å². The highest BCUT2D eigenvalue weighted by Gasteiger charge is 2.20. The third-order valence-electron chi connectivity index (χ3n) is 5.34. The molecule has 0 saturated heterocycles. The van der Waals surface area contributed by atoms with Crippen LogP contribution in [-0.4, -0.2) is 66.1 Å². The molecule has 0 bridgehead atoms. The lowest BCUT2D eigenvalue weighted by atomic mass is 10.1. The molecule has 1 aliphatic carbocycles. The van der Waals surface area contributed by atoms with Gasteiger partial charge in [-0.25, -0.2) is 4.98 Å². The monoisotopic (exact) mass is 435 g/mol. The van der Waals surface area contributed by atoms with Crippen LogP contribution >= 0.6 is 11.3 Å². The molecule has 2 aromatic heterocycles. The standard InChI is InChI=1S/C22H33N3O4S/c1-3-11-29-15-16(26)13-25(10-7-12-28-2)14-19-23-21(27)20-17-8-5-4-6-9-18(17)30-22(20)24-19/h3,16,26H,1,4-15H2,2H3,(H,23,24,27). The number of ether oxygens (including phenoxy) is 2. The number of H-pyrrole nitrogens is 1. The Morgan fingerprint density at radius 2 is 2.20 bits per heavy atom. The number of aromatic nitrogens is 2. The van der Waals surface area contributed by atoms with Crippen LogP contribution in [0, 0.1) is 0 Å². The predicted molar refractivity (Wildman–Crippen MR) is 120 cm³/mol. The molecule has 0 spiro atoms. The van der Waals surface area contributed by atoms with E-state index in [-0.39, 0.29) is 12.2 Å². The zero-order valence-corrected chi connectivity index (χ0v) is 18.6. The van der Waals surface area contributed by atoms with Crippen LogP contribution in [0.5, 0.6) is 0 Å². The minimum absolute atomic E-state index is 0.0406. The van der Waals surface area contributed by atoms with Crippen molar-refractivity contribution in [2.24, 2.45) is 0 Å². The smallest absolute Gasteiger partial charge is 0.259 e. The zero-order valence-electron chi connectivity index (χ0n) is 17.8. The number of aliphatic hydroxyl groups is 1. The van der Waals surface area contributed by atoms with Gasteiger partial charge in [0, 0.05) is 31.7 Å². The average molecular weight is 436 g/mol. The van der Waals surface area contributed by atoms with E-state index in [1.54, 1.807) is 24.5 Å². The molecule has 1 aliphatic rings. The molecule has 3 rings (SSSR count). The van der Waals surface area contributed by atoms with Crippen LogP contribution < -0.4 is 5.56 Å². The summed E-state index contributed by atoms with van der Waals surface area (Å²) in [7, 11) is 1.68.